The van der Waals surface area contributed by atoms with Gasteiger partial charge in [-0.1, -0.05) is 0 Å². The molecule has 0 unspecified atom stereocenters. The number of aryl methyl sites for hydroxylation is 1. The lowest BCUT2D eigenvalue weighted by molar-refractivity contribution is -0.132. The lowest BCUT2D eigenvalue weighted by Crippen LogP contribution is -2.39. The molecule has 0 bridgehead atoms. The fraction of sp³-hybridized carbons (Fsp3) is 0.571. The number of carbonyl (C=O) groups is 1. The van der Waals surface area contributed by atoms with Gasteiger partial charge in [0.1, 0.15) is 12.2 Å². The molecular formula is C14H18N6O. The van der Waals surface area contributed by atoms with E-state index in [4.69, 9.17) is 0 Å². The van der Waals surface area contributed by atoms with E-state index in [9.17, 15) is 4.79 Å². The van der Waals surface area contributed by atoms with Crippen LogP contribution in [0.5, 0.6) is 0 Å². The summed E-state index contributed by atoms with van der Waals surface area (Å²) in [6, 6.07) is 0. The summed E-state index contributed by atoms with van der Waals surface area (Å²) < 4.78 is 3.92. The Morgan fingerprint density at radius 2 is 2.10 bits per heavy atom. The minimum Gasteiger partial charge on any atom is -0.333 e. The maximum Gasteiger partial charge on any atom is 0.227 e. The highest BCUT2D eigenvalue weighted by molar-refractivity contribution is 5.79. The van der Waals surface area contributed by atoms with E-state index >= 15 is 0 Å². The van der Waals surface area contributed by atoms with Crippen LogP contribution < -0.4 is 0 Å². The highest BCUT2D eigenvalue weighted by atomic mass is 16.2. The first-order chi connectivity index (χ1) is 10.3. The van der Waals surface area contributed by atoms with Gasteiger partial charge in [-0.3, -0.25) is 9.48 Å². The Kier molecular flexibility index (Phi) is 2.98. The second-order valence-corrected chi connectivity index (χ2v) is 5.69. The first kappa shape index (κ1) is 12.6. The molecule has 0 aromatic carbocycles. The summed E-state index contributed by atoms with van der Waals surface area (Å²) >= 11 is 0. The number of fused-ring (bicyclic) bond motifs is 2. The molecule has 21 heavy (non-hydrogen) atoms. The van der Waals surface area contributed by atoms with Crippen LogP contribution in [0.3, 0.4) is 0 Å². The zero-order valence-electron chi connectivity index (χ0n) is 11.9. The Bertz CT molecular complexity index is 673. The Labute approximate surface area is 122 Å². The van der Waals surface area contributed by atoms with E-state index in [0.717, 1.165) is 30.9 Å². The molecule has 0 radical (unpaired) electrons. The Morgan fingerprint density at radius 1 is 1.14 bits per heavy atom. The van der Waals surface area contributed by atoms with Gasteiger partial charge < -0.3 is 4.90 Å². The monoisotopic (exact) mass is 286 g/mol. The van der Waals surface area contributed by atoms with E-state index in [1.807, 2.05) is 15.8 Å². The van der Waals surface area contributed by atoms with Crippen molar-refractivity contribution in [2.75, 3.05) is 6.54 Å². The molecule has 0 saturated heterocycles. The van der Waals surface area contributed by atoms with E-state index in [0.29, 0.717) is 19.5 Å². The van der Waals surface area contributed by atoms with Crippen molar-refractivity contribution in [1.29, 1.82) is 0 Å². The lowest BCUT2D eigenvalue weighted by Gasteiger charge is -2.27. The summed E-state index contributed by atoms with van der Waals surface area (Å²) in [5.74, 6) is 1.03. The minimum atomic E-state index is 0.158. The molecule has 0 fully saturated rings. The highest BCUT2D eigenvalue weighted by Gasteiger charge is 2.24. The maximum atomic E-state index is 12.5. The molecule has 2 aromatic rings. The third kappa shape index (κ3) is 2.22. The van der Waals surface area contributed by atoms with Crippen molar-refractivity contribution in [3.8, 4) is 0 Å². The Balaban J connectivity index is 1.48. The third-order valence-electron chi connectivity index (χ3n) is 4.37. The van der Waals surface area contributed by atoms with Crippen molar-refractivity contribution in [1.82, 2.24) is 29.4 Å². The molecule has 0 aliphatic carbocycles. The van der Waals surface area contributed by atoms with Crippen LogP contribution in [0.1, 0.15) is 29.9 Å². The van der Waals surface area contributed by atoms with Crippen molar-refractivity contribution in [2.24, 2.45) is 0 Å². The van der Waals surface area contributed by atoms with E-state index < -0.39 is 0 Å². The zero-order chi connectivity index (χ0) is 14.2. The fourth-order valence-electron chi connectivity index (χ4n) is 3.18. The van der Waals surface area contributed by atoms with E-state index in [-0.39, 0.29) is 5.91 Å². The van der Waals surface area contributed by atoms with Gasteiger partial charge >= 0.3 is 0 Å². The van der Waals surface area contributed by atoms with Crippen molar-refractivity contribution >= 4 is 5.91 Å². The van der Waals surface area contributed by atoms with Gasteiger partial charge in [-0.2, -0.15) is 10.2 Å². The van der Waals surface area contributed by atoms with Crippen LogP contribution in [0, 0.1) is 0 Å². The van der Waals surface area contributed by atoms with Crippen molar-refractivity contribution in [3.05, 3.63) is 29.6 Å². The van der Waals surface area contributed by atoms with E-state index in [1.165, 1.54) is 18.5 Å². The molecule has 2 aliphatic rings. The number of nitrogens with zero attached hydrogens (tertiary/aromatic N) is 6. The van der Waals surface area contributed by atoms with Crippen LogP contribution in [-0.2, 0) is 37.3 Å². The maximum absolute atomic E-state index is 12.5. The largest absolute Gasteiger partial charge is 0.333 e. The second kappa shape index (κ2) is 4.98. The molecule has 4 heterocycles. The van der Waals surface area contributed by atoms with E-state index in [2.05, 4.69) is 19.9 Å². The molecule has 7 nitrogen and oxygen atoms in total. The van der Waals surface area contributed by atoms with Gasteiger partial charge in [0.05, 0.1) is 25.7 Å². The number of aromatic nitrogens is 5. The average molecular weight is 286 g/mol. The summed E-state index contributed by atoms with van der Waals surface area (Å²) in [6.45, 7) is 2.98. The molecule has 1 amide bonds. The first-order valence-electron chi connectivity index (χ1n) is 7.49. The smallest absolute Gasteiger partial charge is 0.227 e. The number of hydrogen-bond donors (Lipinski definition) is 0. The Hall–Kier alpha value is -2.18. The summed E-state index contributed by atoms with van der Waals surface area (Å²) in [5.41, 5.74) is 2.33. The number of rotatable bonds is 2. The normalized spacial score (nSPS) is 17.4. The molecular weight excluding hydrogens is 268 g/mol. The zero-order valence-corrected chi connectivity index (χ0v) is 11.9. The van der Waals surface area contributed by atoms with Gasteiger partial charge in [0.25, 0.3) is 0 Å². The van der Waals surface area contributed by atoms with Crippen molar-refractivity contribution in [3.63, 3.8) is 0 Å². The molecule has 0 N–H and O–H groups in total. The number of carbonyl (C=O) groups excluding carboxylic acids is 1. The number of hydrogen-bond acceptors (Lipinski definition) is 4. The van der Waals surface area contributed by atoms with Gasteiger partial charge in [0.15, 0.2) is 0 Å². The third-order valence-corrected chi connectivity index (χ3v) is 4.37. The summed E-state index contributed by atoms with van der Waals surface area (Å²) in [4.78, 5) is 18.6. The standard InChI is InChI=1S/C14H18N6O/c21-14(18-5-6-20-13(9-18)15-10-17-20)7-11-8-16-19-4-2-1-3-12(11)19/h8,10H,1-7,9H2. The Morgan fingerprint density at radius 3 is 3.05 bits per heavy atom. The van der Waals surface area contributed by atoms with Crippen LogP contribution >= 0.6 is 0 Å². The molecule has 4 rings (SSSR count). The topological polar surface area (TPSA) is 68.8 Å². The quantitative estimate of drug-likeness (QED) is 0.801. The van der Waals surface area contributed by atoms with Gasteiger partial charge in [-0.15, -0.1) is 0 Å². The molecule has 2 aromatic heterocycles. The molecule has 2 aliphatic heterocycles. The first-order valence-corrected chi connectivity index (χ1v) is 7.49. The van der Waals surface area contributed by atoms with Crippen LogP contribution in [0.15, 0.2) is 12.5 Å². The predicted molar refractivity (Wildman–Crippen MR) is 74.3 cm³/mol. The predicted octanol–water partition coefficient (Wildman–Crippen LogP) is 0.396. The highest BCUT2D eigenvalue weighted by Crippen LogP contribution is 2.19. The molecule has 0 saturated carbocycles. The summed E-state index contributed by atoms with van der Waals surface area (Å²) in [6.07, 6.45) is 7.28. The minimum absolute atomic E-state index is 0.158. The number of amides is 1. The molecule has 0 atom stereocenters. The average Bonchev–Trinajstić information content (AvgIpc) is 3.13. The second-order valence-electron chi connectivity index (χ2n) is 5.69. The van der Waals surface area contributed by atoms with Gasteiger partial charge in [-0.25, -0.2) is 9.67 Å². The van der Waals surface area contributed by atoms with Crippen molar-refractivity contribution < 1.29 is 4.79 Å². The fourth-order valence-corrected chi connectivity index (χ4v) is 3.18. The van der Waals surface area contributed by atoms with Gasteiger partial charge in [0.2, 0.25) is 5.91 Å². The molecule has 7 heteroatoms. The summed E-state index contributed by atoms with van der Waals surface area (Å²) in [7, 11) is 0. The van der Waals surface area contributed by atoms with Gasteiger partial charge in [0, 0.05) is 24.3 Å². The van der Waals surface area contributed by atoms with Gasteiger partial charge in [-0.05, 0) is 19.3 Å². The van der Waals surface area contributed by atoms with Crippen LogP contribution in [-0.4, -0.2) is 41.9 Å². The van der Waals surface area contributed by atoms with E-state index in [1.54, 1.807) is 6.33 Å². The van der Waals surface area contributed by atoms with Crippen LogP contribution in [0.25, 0.3) is 0 Å². The van der Waals surface area contributed by atoms with Crippen LogP contribution in [0.4, 0.5) is 0 Å². The SMILES string of the molecule is O=C(Cc1cnn2c1CCCC2)N1CCn2ncnc2C1. The van der Waals surface area contributed by atoms with Crippen molar-refractivity contribution in [2.45, 2.75) is 45.3 Å². The van der Waals surface area contributed by atoms with Crippen LogP contribution in [0.2, 0.25) is 0 Å². The molecule has 110 valence electrons. The lowest BCUT2D eigenvalue weighted by atomic mass is 10.0. The molecule has 0 spiro atoms. The summed E-state index contributed by atoms with van der Waals surface area (Å²) in [5, 5.41) is 8.54.